The minimum Gasteiger partial charge on any atom is -0.379 e. The molecule has 0 amide bonds. The molecule has 0 aliphatic heterocycles. The van der Waals surface area contributed by atoms with Crippen molar-refractivity contribution in [3.05, 3.63) is 0 Å². The first-order valence-electron chi connectivity index (χ1n) is 4.34. The molecule has 0 N–H and O–H groups in total. The van der Waals surface area contributed by atoms with Gasteiger partial charge in [0, 0.05) is 6.42 Å². The molecule has 11 heavy (non-hydrogen) atoms. The van der Waals surface area contributed by atoms with Crippen LogP contribution in [0.3, 0.4) is 0 Å². The third-order valence-electron chi connectivity index (χ3n) is 1.42. The molecule has 0 atom stereocenters. The standard InChI is InChI=1S/C9H22NO/c1-9(2)11-8-6-7-10(3,4)5/h9H,6-8H2,1-5H3/q+1. The van der Waals surface area contributed by atoms with E-state index in [2.05, 4.69) is 35.0 Å². The summed E-state index contributed by atoms with van der Waals surface area (Å²) in [5, 5.41) is 0. The highest BCUT2D eigenvalue weighted by atomic mass is 16.5. The normalized spacial score (nSPS) is 12.5. The van der Waals surface area contributed by atoms with Crippen LogP contribution >= 0.6 is 0 Å². The van der Waals surface area contributed by atoms with E-state index in [1.807, 2.05) is 0 Å². The van der Waals surface area contributed by atoms with Crippen LogP contribution in [-0.2, 0) is 4.74 Å². The Morgan fingerprint density at radius 2 is 1.73 bits per heavy atom. The van der Waals surface area contributed by atoms with Crippen LogP contribution in [0.15, 0.2) is 0 Å². The van der Waals surface area contributed by atoms with E-state index >= 15 is 0 Å². The van der Waals surface area contributed by atoms with Gasteiger partial charge in [-0.15, -0.1) is 0 Å². The molecule has 0 heterocycles. The Morgan fingerprint density at radius 1 is 1.18 bits per heavy atom. The van der Waals surface area contributed by atoms with Gasteiger partial charge in [-0.2, -0.15) is 0 Å². The van der Waals surface area contributed by atoms with Crippen molar-refractivity contribution in [3.8, 4) is 0 Å². The summed E-state index contributed by atoms with van der Waals surface area (Å²) in [5.41, 5.74) is 0. The highest BCUT2D eigenvalue weighted by Crippen LogP contribution is 1.95. The molecule has 0 bridgehead atoms. The highest BCUT2D eigenvalue weighted by Gasteiger charge is 2.05. The molecule has 0 saturated carbocycles. The van der Waals surface area contributed by atoms with Gasteiger partial charge in [-0.25, -0.2) is 0 Å². The molecule has 0 aromatic rings. The summed E-state index contributed by atoms with van der Waals surface area (Å²) in [5.74, 6) is 0. The zero-order valence-electron chi connectivity index (χ0n) is 8.55. The number of nitrogens with zero attached hydrogens (tertiary/aromatic N) is 1. The summed E-state index contributed by atoms with van der Waals surface area (Å²) in [6, 6.07) is 0. The van der Waals surface area contributed by atoms with Crippen LogP contribution < -0.4 is 0 Å². The van der Waals surface area contributed by atoms with E-state index < -0.39 is 0 Å². The maximum atomic E-state index is 5.43. The zero-order valence-corrected chi connectivity index (χ0v) is 8.55. The lowest BCUT2D eigenvalue weighted by atomic mass is 10.4. The maximum absolute atomic E-state index is 5.43. The predicted molar refractivity (Wildman–Crippen MR) is 48.6 cm³/mol. The van der Waals surface area contributed by atoms with Crippen LogP contribution in [0.1, 0.15) is 20.3 Å². The summed E-state index contributed by atoms with van der Waals surface area (Å²) in [6.07, 6.45) is 1.53. The molecule has 0 aromatic heterocycles. The van der Waals surface area contributed by atoms with Crippen molar-refractivity contribution < 1.29 is 9.22 Å². The molecule has 2 nitrogen and oxygen atoms in total. The Kier molecular flexibility index (Phi) is 4.69. The Balaban J connectivity index is 3.15. The monoisotopic (exact) mass is 160 g/mol. The second-order valence-electron chi connectivity index (χ2n) is 4.29. The summed E-state index contributed by atoms with van der Waals surface area (Å²) in [7, 11) is 6.61. The van der Waals surface area contributed by atoms with Crippen molar-refractivity contribution in [3.63, 3.8) is 0 Å². The second kappa shape index (κ2) is 4.73. The van der Waals surface area contributed by atoms with E-state index in [1.165, 1.54) is 6.54 Å². The van der Waals surface area contributed by atoms with Gasteiger partial charge in [0.2, 0.25) is 0 Å². The third-order valence-corrected chi connectivity index (χ3v) is 1.42. The molecule has 0 aliphatic rings. The van der Waals surface area contributed by atoms with Crippen LogP contribution in [-0.4, -0.2) is 44.9 Å². The number of hydrogen-bond acceptors (Lipinski definition) is 1. The smallest absolute Gasteiger partial charge is 0.0802 e. The average Bonchev–Trinajstić information content (AvgIpc) is 1.78. The molecule has 0 radical (unpaired) electrons. The zero-order chi connectivity index (χ0) is 8.91. The Morgan fingerprint density at radius 3 is 2.09 bits per heavy atom. The summed E-state index contributed by atoms with van der Waals surface area (Å²) < 4.78 is 6.46. The van der Waals surface area contributed by atoms with Crippen LogP contribution in [0.4, 0.5) is 0 Å². The number of rotatable bonds is 5. The molecular weight excluding hydrogens is 138 g/mol. The second-order valence-corrected chi connectivity index (χ2v) is 4.29. The highest BCUT2D eigenvalue weighted by molar-refractivity contribution is 4.38. The fourth-order valence-corrected chi connectivity index (χ4v) is 0.858. The van der Waals surface area contributed by atoms with E-state index in [0.717, 1.165) is 17.5 Å². The first-order chi connectivity index (χ1) is 4.92. The average molecular weight is 160 g/mol. The van der Waals surface area contributed by atoms with Crippen LogP contribution in [0, 0.1) is 0 Å². The Bertz CT molecular complexity index is 94.2. The van der Waals surface area contributed by atoms with E-state index in [9.17, 15) is 0 Å². The molecule has 0 spiro atoms. The summed E-state index contributed by atoms with van der Waals surface area (Å²) in [6.45, 7) is 6.23. The lowest BCUT2D eigenvalue weighted by Crippen LogP contribution is -2.35. The van der Waals surface area contributed by atoms with Gasteiger partial charge in [0.25, 0.3) is 0 Å². The molecule has 0 aliphatic carbocycles. The fourth-order valence-electron chi connectivity index (χ4n) is 0.858. The van der Waals surface area contributed by atoms with Crippen molar-refractivity contribution >= 4 is 0 Å². The van der Waals surface area contributed by atoms with Crippen molar-refractivity contribution in [2.75, 3.05) is 34.3 Å². The van der Waals surface area contributed by atoms with Crippen molar-refractivity contribution in [1.29, 1.82) is 0 Å². The SMILES string of the molecule is CC(C)OCCC[N+](C)(C)C. The van der Waals surface area contributed by atoms with Gasteiger partial charge in [-0.1, -0.05) is 0 Å². The first kappa shape index (κ1) is 10.9. The van der Waals surface area contributed by atoms with Gasteiger partial charge < -0.3 is 9.22 Å². The first-order valence-corrected chi connectivity index (χ1v) is 4.34. The van der Waals surface area contributed by atoms with Gasteiger partial charge >= 0.3 is 0 Å². The minimum absolute atomic E-state index is 0.377. The van der Waals surface area contributed by atoms with E-state index in [0.29, 0.717) is 6.10 Å². The number of hydrogen-bond donors (Lipinski definition) is 0. The Labute approximate surface area is 70.7 Å². The van der Waals surface area contributed by atoms with E-state index in [4.69, 9.17) is 4.74 Å². The lowest BCUT2D eigenvalue weighted by Gasteiger charge is -2.23. The van der Waals surface area contributed by atoms with Gasteiger partial charge in [-0.3, -0.25) is 0 Å². The number of ether oxygens (including phenoxy) is 1. The molecule has 0 unspecified atom stereocenters. The van der Waals surface area contributed by atoms with Crippen LogP contribution in [0.5, 0.6) is 0 Å². The third kappa shape index (κ3) is 9.92. The molecular formula is C9H22NO+. The number of quaternary nitrogens is 1. The predicted octanol–water partition coefficient (Wildman–Crippen LogP) is 1.51. The van der Waals surface area contributed by atoms with Crippen LogP contribution in [0.2, 0.25) is 0 Å². The molecule has 68 valence electrons. The molecule has 0 rings (SSSR count). The minimum atomic E-state index is 0.377. The fraction of sp³-hybridized carbons (Fsp3) is 1.00. The van der Waals surface area contributed by atoms with E-state index in [1.54, 1.807) is 0 Å². The van der Waals surface area contributed by atoms with Crippen LogP contribution in [0.25, 0.3) is 0 Å². The van der Waals surface area contributed by atoms with Crippen molar-refractivity contribution in [2.24, 2.45) is 0 Å². The largest absolute Gasteiger partial charge is 0.379 e. The van der Waals surface area contributed by atoms with Gasteiger partial charge in [0.1, 0.15) is 0 Å². The summed E-state index contributed by atoms with van der Waals surface area (Å²) in [4.78, 5) is 0. The van der Waals surface area contributed by atoms with Gasteiger partial charge in [0.15, 0.2) is 0 Å². The molecule has 0 fully saturated rings. The molecule has 0 aromatic carbocycles. The van der Waals surface area contributed by atoms with Crippen molar-refractivity contribution in [2.45, 2.75) is 26.4 Å². The molecule has 2 heteroatoms. The lowest BCUT2D eigenvalue weighted by molar-refractivity contribution is -0.870. The topological polar surface area (TPSA) is 9.23 Å². The quantitative estimate of drug-likeness (QED) is 0.437. The van der Waals surface area contributed by atoms with Crippen molar-refractivity contribution in [1.82, 2.24) is 0 Å². The van der Waals surface area contributed by atoms with Gasteiger partial charge in [-0.05, 0) is 13.8 Å². The maximum Gasteiger partial charge on any atom is 0.0802 e. The molecule has 0 saturated heterocycles. The van der Waals surface area contributed by atoms with Gasteiger partial charge in [0.05, 0.1) is 40.4 Å². The summed E-state index contributed by atoms with van der Waals surface area (Å²) >= 11 is 0. The Hall–Kier alpha value is -0.0800. The van der Waals surface area contributed by atoms with E-state index in [-0.39, 0.29) is 0 Å².